The van der Waals surface area contributed by atoms with E-state index in [2.05, 4.69) is 15.8 Å². The second-order valence-corrected chi connectivity index (χ2v) is 8.60. The van der Waals surface area contributed by atoms with Crippen LogP contribution in [0.4, 0.5) is 0 Å². The van der Waals surface area contributed by atoms with Gasteiger partial charge in [0.2, 0.25) is 11.7 Å². The summed E-state index contributed by atoms with van der Waals surface area (Å²) in [6.07, 6.45) is 4.12. The number of methoxy groups -OCH3 is 3. The van der Waals surface area contributed by atoms with Crippen LogP contribution in [-0.4, -0.2) is 51.9 Å². The Bertz CT molecular complexity index is 1280. The molecule has 0 aromatic heterocycles. The van der Waals surface area contributed by atoms with E-state index in [-0.39, 0.29) is 17.4 Å². The Balaban J connectivity index is 1.38. The first-order valence-corrected chi connectivity index (χ1v) is 12.7. The molecule has 210 valence electrons. The molecule has 0 aliphatic rings. The Labute approximate surface area is 233 Å². The lowest BCUT2D eigenvalue weighted by Gasteiger charge is -2.13. The van der Waals surface area contributed by atoms with Gasteiger partial charge >= 0.3 is 5.97 Å². The Kier molecular flexibility index (Phi) is 11.5. The summed E-state index contributed by atoms with van der Waals surface area (Å²) in [5.41, 5.74) is 4.08. The van der Waals surface area contributed by atoms with Crippen molar-refractivity contribution in [3.63, 3.8) is 0 Å². The molecule has 0 unspecified atom stereocenters. The SMILES string of the molecule is COc1cc(C(=O)Oc2ccc(C=NNC(=O)CCCCCNC(=O)c3ccccc3)cc2)cc(OC)c1OC. The van der Waals surface area contributed by atoms with E-state index in [9.17, 15) is 14.4 Å². The van der Waals surface area contributed by atoms with Crippen LogP contribution >= 0.6 is 0 Å². The quantitative estimate of drug-likeness (QED) is 0.101. The first-order valence-electron chi connectivity index (χ1n) is 12.7. The maximum absolute atomic E-state index is 12.6. The van der Waals surface area contributed by atoms with Gasteiger partial charge in [-0.15, -0.1) is 0 Å². The number of unbranched alkanes of at least 4 members (excludes halogenated alkanes) is 2. The Hall–Kier alpha value is -4.86. The summed E-state index contributed by atoms with van der Waals surface area (Å²) in [5.74, 6) is 0.510. The Morgan fingerprint density at radius 3 is 2.10 bits per heavy atom. The number of carbonyl (C=O) groups excluding carboxylic acids is 3. The van der Waals surface area contributed by atoms with Crippen molar-refractivity contribution in [3.05, 3.63) is 83.4 Å². The van der Waals surface area contributed by atoms with E-state index in [4.69, 9.17) is 18.9 Å². The Morgan fingerprint density at radius 1 is 0.800 bits per heavy atom. The van der Waals surface area contributed by atoms with E-state index in [1.54, 1.807) is 36.4 Å². The molecule has 3 rings (SSSR count). The number of hydrogen-bond donors (Lipinski definition) is 2. The molecular formula is C30H33N3O7. The average molecular weight is 548 g/mol. The van der Waals surface area contributed by atoms with Crippen LogP contribution in [-0.2, 0) is 4.79 Å². The molecule has 3 aromatic rings. The maximum atomic E-state index is 12.6. The van der Waals surface area contributed by atoms with Crippen molar-refractivity contribution < 1.29 is 33.3 Å². The average Bonchev–Trinajstić information content (AvgIpc) is 2.99. The van der Waals surface area contributed by atoms with Gasteiger partial charge in [-0.2, -0.15) is 5.10 Å². The molecule has 2 amide bonds. The number of ether oxygens (including phenoxy) is 4. The van der Waals surface area contributed by atoms with E-state index in [1.807, 2.05) is 18.2 Å². The zero-order valence-electron chi connectivity index (χ0n) is 22.8. The summed E-state index contributed by atoms with van der Waals surface area (Å²) in [7, 11) is 4.41. The number of hydrazone groups is 1. The summed E-state index contributed by atoms with van der Waals surface area (Å²) >= 11 is 0. The summed E-state index contributed by atoms with van der Waals surface area (Å²) in [5, 5.41) is 6.85. The second-order valence-electron chi connectivity index (χ2n) is 8.60. The van der Waals surface area contributed by atoms with Crippen LogP contribution < -0.4 is 29.7 Å². The maximum Gasteiger partial charge on any atom is 0.343 e. The van der Waals surface area contributed by atoms with Gasteiger partial charge in [0.25, 0.3) is 5.91 Å². The fourth-order valence-electron chi connectivity index (χ4n) is 3.70. The van der Waals surface area contributed by atoms with E-state index in [1.165, 1.54) is 39.7 Å². The van der Waals surface area contributed by atoms with Crippen LogP contribution in [0.2, 0.25) is 0 Å². The fraction of sp³-hybridized carbons (Fsp3) is 0.267. The first-order chi connectivity index (χ1) is 19.4. The van der Waals surface area contributed by atoms with Gasteiger partial charge in [-0.1, -0.05) is 24.6 Å². The highest BCUT2D eigenvalue weighted by Gasteiger charge is 2.18. The summed E-state index contributed by atoms with van der Waals surface area (Å²) < 4.78 is 21.3. The van der Waals surface area contributed by atoms with Crippen molar-refractivity contribution >= 4 is 24.0 Å². The van der Waals surface area contributed by atoms with Gasteiger partial charge in [-0.25, -0.2) is 10.2 Å². The summed E-state index contributed by atoms with van der Waals surface area (Å²) in [6, 6.07) is 18.7. The number of benzene rings is 3. The topological polar surface area (TPSA) is 125 Å². The molecule has 0 saturated carbocycles. The molecule has 0 aliphatic heterocycles. The second kappa shape index (κ2) is 15.5. The van der Waals surface area contributed by atoms with Crippen molar-refractivity contribution in [2.45, 2.75) is 25.7 Å². The van der Waals surface area contributed by atoms with Gasteiger partial charge < -0.3 is 24.3 Å². The Morgan fingerprint density at radius 2 is 1.48 bits per heavy atom. The summed E-state index contributed by atoms with van der Waals surface area (Å²) in [6.45, 7) is 0.557. The molecule has 2 N–H and O–H groups in total. The molecule has 0 atom stereocenters. The largest absolute Gasteiger partial charge is 0.493 e. The van der Waals surface area contributed by atoms with Crippen molar-refractivity contribution in [1.29, 1.82) is 0 Å². The molecule has 0 spiro atoms. The van der Waals surface area contributed by atoms with Crippen molar-refractivity contribution in [3.8, 4) is 23.0 Å². The van der Waals surface area contributed by atoms with Crippen LogP contribution in [0.3, 0.4) is 0 Å². The molecule has 10 nitrogen and oxygen atoms in total. The molecule has 10 heteroatoms. The molecule has 0 bridgehead atoms. The number of esters is 1. The van der Waals surface area contributed by atoms with Gasteiger partial charge in [-0.05, 0) is 66.9 Å². The normalized spacial score (nSPS) is 10.6. The number of hydrogen-bond acceptors (Lipinski definition) is 8. The lowest BCUT2D eigenvalue weighted by molar-refractivity contribution is -0.121. The zero-order valence-corrected chi connectivity index (χ0v) is 22.8. The molecule has 0 radical (unpaired) electrons. The van der Waals surface area contributed by atoms with Crippen molar-refractivity contribution in [1.82, 2.24) is 10.7 Å². The fourth-order valence-corrected chi connectivity index (χ4v) is 3.70. The third kappa shape index (κ3) is 8.87. The molecule has 0 saturated heterocycles. The minimum atomic E-state index is -0.591. The predicted molar refractivity (Wildman–Crippen MR) is 150 cm³/mol. The zero-order chi connectivity index (χ0) is 28.7. The third-order valence-electron chi connectivity index (χ3n) is 5.80. The predicted octanol–water partition coefficient (Wildman–Crippen LogP) is 4.37. The molecular weight excluding hydrogens is 514 g/mol. The number of nitrogens with one attached hydrogen (secondary N) is 2. The smallest absolute Gasteiger partial charge is 0.343 e. The lowest BCUT2D eigenvalue weighted by atomic mass is 10.1. The van der Waals surface area contributed by atoms with Crippen molar-refractivity contribution in [2.75, 3.05) is 27.9 Å². The van der Waals surface area contributed by atoms with E-state index in [0.717, 1.165) is 12.8 Å². The minimum absolute atomic E-state index is 0.0996. The number of rotatable bonds is 14. The highest BCUT2D eigenvalue weighted by molar-refractivity contribution is 5.94. The number of nitrogens with zero attached hydrogens (tertiary/aromatic N) is 1. The van der Waals surface area contributed by atoms with Crippen LogP contribution in [0.5, 0.6) is 23.0 Å². The molecule has 0 fully saturated rings. The first kappa shape index (κ1) is 29.7. The monoisotopic (exact) mass is 547 g/mol. The molecule has 3 aromatic carbocycles. The lowest BCUT2D eigenvalue weighted by Crippen LogP contribution is -2.24. The number of carbonyl (C=O) groups is 3. The van der Waals surface area contributed by atoms with Crippen LogP contribution in [0.15, 0.2) is 71.8 Å². The van der Waals surface area contributed by atoms with Gasteiger partial charge in [0, 0.05) is 18.5 Å². The molecule has 0 aliphatic carbocycles. The number of amides is 2. The van der Waals surface area contributed by atoms with Crippen LogP contribution in [0.1, 0.15) is 52.0 Å². The van der Waals surface area contributed by atoms with Gasteiger partial charge in [0.15, 0.2) is 11.5 Å². The van der Waals surface area contributed by atoms with E-state index in [0.29, 0.717) is 53.5 Å². The van der Waals surface area contributed by atoms with E-state index >= 15 is 0 Å². The third-order valence-corrected chi connectivity index (χ3v) is 5.80. The summed E-state index contributed by atoms with van der Waals surface area (Å²) in [4.78, 5) is 36.7. The molecule has 0 heterocycles. The standard InChI is InChI=1S/C30H33N3O7/c1-37-25-18-23(19-26(38-2)28(25)39-3)30(36)40-24-15-13-21(14-16-24)20-32-33-27(34)12-8-5-9-17-31-29(35)22-10-6-4-7-11-22/h4,6-7,10-11,13-16,18-20H,5,8-9,12,17H2,1-3H3,(H,31,35)(H,33,34). The highest BCUT2D eigenvalue weighted by Crippen LogP contribution is 2.38. The van der Waals surface area contributed by atoms with Gasteiger partial charge in [0.1, 0.15) is 5.75 Å². The highest BCUT2D eigenvalue weighted by atomic mass is 16.5. The van der Waals surface area contributed by atoms with Crippen LogP contribution in [0, 0.1) is 0 Å². The van der Waals surface area contributed by atoms with E-state index < -0.39 is 5.97 Å². The van der Waals surface area contributed by atoms with Gasteiger partial charge in [0.05, 0.1) is 33.1 Å². The van der Waals surface area contributed by atoms with Crippen molar-refractivity contribution in [2.24, 2.45) is 5.10 Å². The van der Waals surface area contributed by atoms with Crippen LogP contribution in [0.25, 0.3) is 0 Å². The molecule has 40 heavy (non-hydrogen) atoms. The van der Waals surface area contributed by atoms with Gasteiger partial charge in [-0.3, -0.25) is 9.59 Å². The minimum Gasteiger partial charge on any atom is -0.493 e.